The third kappa shape index (κ3) is 5.72. The maximum atomic E-state index is 12.2. The van der Waals surface area contributed by atoms with Crippen molar-refractivity contribution in [2.24, 2.45) is 0 Å². The average Bonchev–Trinajstić information content (AvgIpc) is 3.14. The Hall–Kier alpha value is -2.63. The van der Waals surface area contributed by atoms with E-state index in [1.807, 2.05) is 42.5 Å². The molecule has 134 valence electrons. The van der Waals surface area contributed by atoms with E-state index >= 15 is 0 Å². The molecular weight excluding hydrogens is 373 g/mol. The van der Waals surface area contributed by atoms with Crippen molar-refractivity contribution in [1.29, 1.82) is 0 Å². The van der Waals surface area contributed by atoms with Crippen LogP contribution in [0.1, 0.15) is 17.2 Å². The predicted octanol–water partition coefficient (Wildman–Crippen LogP) is 4.35. The minimum absolute atomic E-state index is 0. The van der Waals surface area contributed by atoms with Gasteiger partial charge in [-0.05, 0) is 29.3 Å². The molecule has 0 radical (unpaired) electrons. The predicted molar refractivity (Wildman–Crippen MR) is 103 cm³/mol. The van der Waals surface area contributed by atoms with Crippen LogP contribution in [0.4, 0.5) is 0 Å². The average molecular weight is 390 g/mol. The third-order valence-electron chi connectivity index (χ3n) is 3.53. The van der Waals surface area contributed by atoms with Gasteiger partial charge in [0.05, 0.1) is 6.54 Å². The molecule has 0 amide bonds. The van der Waals surface area contributed by atoms with Crippen LogP contribution in [0.5, 0.6) is 0 Å². The summed E-state index contributed by atoms with van der Waals surface area (Å²) in [7, 11) is 0. The summed E-state index contributed by atoms with van der Waals surface area (Å²) in [5.41, 5.74) is 1.76. The van der Waals surface area contributed by atoms with Crippen LogP contribution in [0.15, 0.2) is 73.3 Å². The molecule has 0 spiro atoms. The summed E-state index contributed by atoms with van der Waals surface area (Å²) in [4.78, 5) is 16.1. The SMILES string of the molecule is Cl.O=C(C=Cc1ccccc1)OC(Cn1cncn1)c1ccc(Cl)cc1. The standard InChI is InChI=1S/C19H16ClN3O2.ClH/c20-17-9-7-16(8-10-17)18(12-23-14-21-13-22-23)25-19(24)11-6-15-4-2-1-3-5-15;/h1-11,13-14,18H,12H2;1H. The second-order valence-corrected chi connectivity index (χ2v) is 5.78. The highest BCUT2D eigenvalue weighted by molar-refractivity contribution is 6.30. The minimum Gasteiger partial charge on any atom is -0.452 e. The number of carbonyl (C=O) groups excluding carboxylic acids is 1. The molecule has 1 atom stereocenters. The van der Waals surface area contributed by atoms with Gasteiger partial charge in [0, 0.05) is 11.1 Å². The maximum absolute atomic E-state index is 12.2. The number of halogens is 2. The summed E-state index contributed by atoms with van der Waals surface area (Å²) in [6, 6.07) is 16.8. The molecule has 2 aromatic carbocycles. The van der Waals surface area contributed by atoms with Crippen molar-refractivity contribution in [3.63, 3.8) is 0 Å². The molecule has 0 saturated carbocycles. The monoisotopic (exact) mass is 389 g/mol. The second kappa shape index (κ2) is 9.75. The molecule has 0 aliphatic carbocycles. The van der Waals surface area contributed by atoms with E-state index in [9.17, 15) is 4.79 Å². The van der Waals surface area contributed by atoms with Crippen LogP contribution in [0.25, 0.3) is 6.08 Å². The van der Waals surface area contributed by atoms with Crippen molar-refractivity contribution in [3.05, 3.63) is 89.5 Å². The Morgan fingerprint density at radius 3 is 2.54 bits per heavy atom. The Morgan fingerprint density at radius 2 is 1.88 bits per heavy atom. The van der Waals surface area contributed by atoms with Gasteiger partial charge >= 0.3 is 5.97 Å². The molecule has 0 fully saturated rings. The van der Waals surface area contributed by atoms with Crippen molar-refractivity contribution in [2.45, 2.75) is 12.6 Å². The molecule has 5 nitrogen and oxygen atoms in total. The number of esters is 1. The first-order valence-corrected chi connectivity index (χ1v) is 8.10. The van der Waals surface area contributed by atoms with Gasteiger partial charge in [0.2, 0.25) is 0 Å². The quantitative estimate of drug-likeness (QED) is 0.464. The first-order chi connectivity index (χ1) is 12.2. The van der Waals surface area contributed by atoms with E-state index in [1.54, 1.807) is 29.2 Å². The van der Waals surface area contributed by atoms with E-state index in [1.165, 1.54) is 12.4 Å². The van der Waals surface area contributed by atoms with Crippen LogP contribution in [0, 0.1) is 0 Å². The molecule has 1 aromatic heterocycles. The van der Waals surface area contributed by atoms with Crippen LogP contribution in [0.3, 0.4) is 0 Å². The molecular formula is C19H17Cl2N3O2. The van der Waals surface area contributed by atoms with Gasteiger partial charge in [-0.3, -0.25) is 0 Å². The largest absolute Gasteiger partial charge is 0.452 e. The Bertz CT molecular complexity index is 835. The summed E-state index contributed by atoms with van der Waals surface area (Å²) >= 11 is 5.94. The zero-order valence-corrected chi connectivity index (χ0v) is 15.3. The lowest BCUT2D eigenvalue weighted by molar-refractivity contribution is -0.144. The minimum atomic E-state index is -0.494. The van der Waals surface area contributed by atoms with E-state index in [0.29, 0.717) is 11.6 Å². The van der Waals surface area contributed by atoms with E-state index < -0.39 is 12.1 Å². The lowest BCUT2D eigenvalue weighted by Gasteiger charge is -2.17. The number of benzene rings is 2. The molecule has 0 aliphatic rings. The zero-order valence-electron chi connectivity index (χ0n) is 13.7. The summed E-state index contributed by atoms with van der Waals surface area (Å²) < 4.78 is 7.23. The van der Waals surface area contributed by atoms with Gasteiger partial charge < -0.3 is 4.74 Å². The van der Waals surface area contributed by atoms with Gasteiger partial charge in [-0.15, -0.1) is 12.4 Å². The van der Waals surface area contributed by atoms with Crippen LogP contribution in [0.2, 0.25) is 5.02 Å². The molecule has 0 aliphatic heterocycles. The zero-order chi connectivity index (χ0) is 17.5. The van der Waals surface area contributed by atoms with Crippen LogP contribution in [-0.4, -0.2) is 20.7 Å². The topological polar surface area (TPSA) is 57.0 Å². The Balaban J connectivity index is 0.00000243. The summed E-state index contributed by atoms with van der Waals surface area (Å²) in [6.07, 6.45) is 5.66. The molecule has 0 N–H and O–H groups in total. The van der Waals surface area contributed by atoms with E-state index in [0.717, 1.165) is 11.1 Å². The van der Waals surface area contributed by atoms with E-state index in [2.05, 4.69) is 10.1 Å². The fraction of sp³-hybridized carbons (Fsp3) is 0.105. The number of rotatable bonds is 6. The van der Waals surface area contributed by atoms with Gasteiger partial charge in [-0.1, -0.05) is 54.1 Å². The second-order valence-electron chi connectivity index (χ2n) is 5.34. The number of ether oxygens (including phenoxy) is 1. The lowest BCUT2D eigenvalue weighted by Crippen LogP contribution is -2.16. The summed E-state index contributed by atoms with van der Waals surface area (Å²) in [6.45, 7) is 0.368. The fourth-order valence-corrected chi connectivity index (χ4v) is 2.42. The Morgan fingerprint density at radius 1 is 1.15 bits per heavy atom. The van der Waals surface area contributed by atoms with Gasteiger partial charge in [0.25, 0.3) is 0 Å². The maximum Gasteiger partial charge on any atom is 0.331 e. The summed E-state index contributed by atoms with van der Waals surface area (Å²) in [5.74, 6) is -0.427. The third-order valence-corrected chi connectivity index (χ3v) is 3.78. The Labute approximate surface area is 162 Å². The Kier molecular flexibility index (Phi) is 7.38. The number of hydrogen-bond acceptors (Lipinski definition) is 4. The van der Waals surface area contributed by atoms with Gasteiger partial charge in [-0.25, -0.2) is 14.5 Å². The molecule has 3 aromatic rings. The van der Waals surface area contributed by atoms with Gasteiger partial charge in [0.1, 0.15) is 18.8 Å². The van der Waals surface area contributed by atoms with Crippen molar-refractivity contribution in [2.75, 3.05) is 0 Å². The van der Waals surface area contributed by atoms with Gasteiger partial charge in [0.15, 0.2) is 0 Å². The van der Waals surface area contributed by atoms with Crippen molar-refractivity contribution < 1.29 is 9.53 Å². The highest BCUT2D eigenvalue weighted by Crippen LogP contribution is 2.22. The molecule has 0 saturated heterocycles. The smallest absolute Gasteiger partial charge is 0.331 e. The van der Waals surface area contributed by atoms with Crippen LogP contribution >= 0.6 is 24.0 Å². The normalized spacial score (nSPS) is 11.7. The number of nitrogens with zero attached hydrogens (tertiary/aromatic N) is 3. The molecule has 1 heterocycles. The number of hydrogen-bond donors (Lipinski definition) is 0. The lowest BCUT2D eigenvalue weighted by atomic mass is 10.1. The van der Waals surface area contributed by atoms with Crippen LogP contribution < -0.4 is 0 Å². The highest BCUT2D eigenvalue weighted by atomic mass is 35.5. The fourth-order valence-electron chi connectivity index (χ4n) is 2.29. The molecule has 0 bridgehead atoms. The first kappa shape index (κ1) is 19.7. The van der Waals surface area contributed by atoms with E-state index in [-0.39, 0.29) is 12.4 Å². The van der Waals surface area contributed by atoms with Crippen molar-refractivity contribution >= 4 is 36.1 Å². The van der Waals surface area contributed by atoms with E-state index in [4.69, 9.17) is 16.3 Å². The number of carbonyl (C=O) groups is 1. The van der Waals surface area contributed by atoms with Gasteiger partial charge in [-0.2, -0.15) is 5.10 Å². The van der Waals surface area contributed by atoms with Crippen molar-refractivity contribution in [1.82, 2.24) is 14.8 Å². The van der Waals surface area contributed by atoms with Crippen LogP contribution in [-0.2, 0) is 16.1 Å². The molecule has 26 heavy (non-hydrogen) atoms. The molecule has 1 unspecified atom stereocenters. The molecule has 3 rings (SSSR count). The highest BCUT2D eigenvalue weighted by Gasteiger charge is 2.17. The first-order valence-electron chi connectivity index (χ1n) is 7.72. The molecule has 7 heteroatoms. The summed E-state index contributed by atoms with van der Waals surface area (Å²) in [5, 5.41) is 4.69. The number of aromatic nitrogens is 3. The van der Waals surface area contributed by atoms with Crippen molar-refractivity contribution in [3.8, 4) is 0 Å².